The second-order valence-electron chi connectivity index (χ2n) is 4.98. The highest BCUT2D eigenvalue weighted by molar-refractivity contribution is 6.30. The number of aryl methyl sites for hydroxylation is 1. The molecule has 1 atom stereocenters. The van der Waals surface area contributed by atoms with E-state index in [-0.39, 0.29) is 11.6 Å². The first-order valence-corrected chi connectivity index (χ1v) is 6.95. The van der Waals surface area contributed by atoms with Crippen molar-refractivity contribution in [2.75, 3.05) is 0 Å². The number of halogens is 1. The summed E-state index contributed by atoms with van der Waals surface area (Å²) >= 11 is 5.98. The summed E-state index contributed by atoms with van der Waals surface area (Å²) in [7, 11) is 0. The number of hydrogen-bond acceptors (Lipinski definition) is 2. The van der Waals surface area contributed by atoms with Gasteiger partial charge in [0.25, 0.3) is 0 Å². The van der Waals surface area contributed by atoms with E-state index in [1.54, 1.807) is 30.3 Å². The van der Waals surface area contributed by atoms with Gasteiger partial charge in [0.15, 0.2) is 5.78 Å². The molecule has 0 bridgehead atoms. The van der Waals surface area contributed by atoms with Gasteiger partial charge in [0.2, 0.25) is 0 Å². The largest absolute Gasteiger partial charge is 0.298 e. The fourth-order valence-electron chi connectivity index (χ4n) is 2.71. The summed E-state index contributed by atoms with van der Waals surface area (Å²) < 4.78 is 0. The van der Waals surface area contributed by atoms with Crippen molar-refractivity contribution in [3.63, 3.8) is 0 Å². The molecule has 2 aromatic carbocycles. The van der Waals surface area contributed by atoms with Crippen LogP contribution in [0.5, 0.6) is 0 Å². The summed E-state index contributed by atoms with van der Waals surface area (Å²) in [6.07, 6.45) is 1.01. The lowest BCUT2D eigenvalue weighted by Gasteiger charge is -2.13. The first kappa shape index (κ1) is 13.1. The minimum atomic E-state index is -0.725. The normalized spacial score (nSPS) is 18.6. The maximum absolute atomic E-state index is 12.7. The summed E-state index contributed by atoms with van der Waals surface area (Å²) in [5.74, 6) is -0.879. The fraction of sp³-hybridized carbons (Fsp3) is 0.176. The van der Waals surface area contributed by atoms with Gasteiger partial charge in [0, 0.05) is 17.0 Å². The second-order valence-corrected chi connectivity index (χ2v) is 5.41. The lowest BCUT2D eigenvalue weighted by molar-refractivity contribution is -0.119. The Morgan fingerprint density at radius 3 is 2.55 bits per heavy atom. The van der Waals surface area contributed by atoms with Gasteiger partial charge in [0.1, 0.15) is 11.7 Å². The number of carbonyl (C=O) groups is 2. The van der Waals surface area contributed by atoms with Gasteiger partial charge < -0.3 is 0 Å². The van der Waals surface area contributed by atoms with Crippen LogP contribution in [0.1, 0.15) is 33.8 Å². The van der Waals surface area contributed by atoms with Crippen LogP contribution >= 0.6 is 11.6 Å². The van der Waals surface area contributed by atoms with Gasteiger partial charge in [-0.25, -0.2) is 0 Å². The Bertz CT molecular complexity index is 691. The predicted molar refractivity (Wildman–Crippen MR) is 78.3 cm³/mol. The number of rotatable bonds is 1. The molecule has 3 heteroatoms. The molecular weight excluding hydrogens is 272 g/mol. The molecule has 0 aromatic heterocycles. The fourth-order valence-corrected chi connectivity index (χ4v) is 2.90. The Hall–Kier alpha value is -1.93. The highest BCUT2D eigenvalue weighted by atomic mass is 35.5. The molecule has 0 saturated heterocycles. The molecule has 2 nitrogen and oxygen atoms in total. The minimum absolute atomic E-state index is 0.0338. The average Bonchev–Trinajstić information content (AvgIpc) is 2.57. The van der Waals surface area contributed by atoms with Crippen molar-refractivity contribution < 1.29 is 9.59 Å². The maximum Gasteiger partial charge on any atom is 0.178 e. The van der Waals surface area contributed by atoms with Crippen molar-refractivity contribution in [3.8, 4) is 0 Å². The Kier molecular flexibility index (Phi) is 3.41. The lowest BCUT2D eigenvalue weighted by atomic mass is 9.88. The number of ketones is 2. The van der Waals surface area contributed by atoms with Crippen LogP contribution in [0, 0.1) is 0 Å². The summed E-state index contributed by atoms with van der Waals surface area (Å²) in [6, 6.07) is 14.5. The molecule has 0 fully saturated rings. The molecule has 3 rings (SSSR count). The van der Waals surface area contributed by atoms with Crippen molar-refractivity contribution in [3.05, 3.63) is 70.2 Å². The van der Waals surface area contributed by atoms with Gasteiger partial charge in [-0.15, -0.1) is 0 Å². The van der Waals surface area contributed by atoms with Crippen LogP contribution in [0.3, 0.4) is 0 Å². The molecule has 100 valence electrons. The van der Waals surface area contributed by atoms with Crippen molar-refractivity contribution in [1.29, 1.82) is 0 Å². The average molecular weight is 285 g/mol. The third kappa shape index (κ3) is 2.27. The number of benzene rings is 2. The third-order valence-corrected chi connectivity index (χ3v) is 3.92. The van der Waals surface area contributed by atoms with Crippen LogP contribution in [-0.4, -0.2) is 11.6 Å². The van der Waals surface area contributed by atoms with E-state index in [0.717, 1.165) is 5.56 Å². The van der Waals surface area contributed by atoms with Crippen LogP contribution in [0.2, 0.25) is 5.02 Å². The van der Waals surface area contributed by atoms with E-state index < -0.39 is 5.92 Å². The van der Waals surface area contributed by atoms with Gasteiger partial charge in [-0.3, -0.25) is 9.59 Å². The molecule has 0 amide bonds. The summed E-state index contributed by atoms with van der Waals surface area (Å²) in [5, 5.41) is 0.542. The molecule has 1 aliphatic rings. The maximum atomic E-state index is 12.7. The SMILES string of the molecule is O=C1CCc2ccccc2C(=O)C1c1cccc(Cl)c1. The topological polar surface area (TPSA) is 34.1 Å². The summed E-state index contributed by atoms with van der Waals surface area (Å²) in [4.78, 5) is 25.0. The van der Waals surface area contributed by atoms with Crippen LogP contribution in [0.4, 0.5) is 0 Å². The van der Waals surface area contributed by atoms with Crippen LogP contribution in [0.25, 0.3) is 0 Å². The second kappa shape index (κ2) is 5.22. The minimum Gasteiger partial charge on any atom is -0.298 e. The first-order valence-electron chi connectivity index (χ1n) is 6.57. The Labute approximate surface area is 122 Å². The Morgan fingerprint density at radius 2 is 1.75 bits per heavy atom. The molecule has 0 heterocycles. The Morgan fingerprint density at radius 1 is 0.950 bits per heavy atom. The third-order valence-electron chi connectivity index (χ3n) is 3.69. The monoisotopic (exact) mass is 284 g/mol. The molecule has 20 heavy (non-hydrogen) atoms. The number of Topliss-reactive ketones (excluding diaryl/α,β-unsaturated/α-hetero) is 2. The predicted octanol–water partition coefficient (Wildman–Crippen LogP) is 3.82. The molecule has 0 spiro atoms. The molecule has 0 aliphatic heterocycles. The summed E-state index contributed by atoms with van der Waals surface area (Å²) in [6.45, 7) is 0. The van der Waals surface area contributed by atoms with E-state index in [1.807, 2.05) is 18.2 Å². The van der Waals surface area contributed by atoms with Gasteiger partial charge in [0.05, 0.1) is 0 Å². The first-order chi connectivity index (χ1) is 9.66. The lowest BCUT2D eigenvalue weighted by Crippen LogP contribution is -2.20. The van der Waals surface area contributed by atoms with Gasteiger partial charge in [-0.1, -0.05) is 48.0 Å². The highest BCUT2D eigenvalue weighted by Crippen LogP contribution is 2.30. The number of fused-ring (bicyclic) bond motifs is 1. The zero-order valence-electron chi connectivity index (χ0n) is 10.8. The van der Waals surface area contributed by atoms with E-state index in [1.165, 1.54) is 0 Å². The highest BCUT2D eigenvalue weighted by Gasteiger charge is 2.32. The smallest absolute Gasteiger partial charge is 0.178 e. The van der Waals surface area contributed by atoms with Crippen molar-refractivity contribution in [2.45, 2.75) is 18.8 Å². The zero-order chi connectivity index (χ0) is 14.1. The quantitative estimate of drug-likeness (QED) is 0.589. The van der Waals surface area contributed by atoms with Gasteiger partial charge >= 0.3 is 0 Å². The van der Waals surface area contributed by atoms with Crippen LogP contribution in [-0.2, 0) is 11.2 Å². The van der Waals surface area contributed by atoms with Crippen molar-refractivity contribution >= 4 is 23.2 Å². The molecular formula is C17H13ClO2. The molecule has 0 N–H and O–H groups in total. The molecule has 0 radical (unpaired) electrons. The van der Waals surface area contributed by atoms with Gasteiger partial charge in [-0.05, 0) is 29.7 Å². The van der Waals surface area contributed by atoms with E-state index in [4.69, 9.17) is 11.6 Å². The summed E-state index contributed by atoms with van der Waals surface area (Å²) in [5.41, 5.74) is 2.29. The van der Waals surface area contributed by atoms with E-state index in [2.05, 4.69) is 0 Å². The van der Waals surface area contributed by atoms with Crippen LogP contribution < -0.4 is 0 Å². The van der Waals surface area contributed by atoms with Crippen molar-refractivity contribution in [1.82, 2.24) is 0 Å². The number of carbonyl (C=O) groups excluding carboxylic acids is 2. The van der Waals surface area contributed by atoms with E-state index >= 15 is 0 Å². The van der Waals surface area contributed by atoms with Crippen molar-refractivity contribution in [2.24, 2.45) is 0 Å². The molecule has 1 unspecified atom stereocenters. The molecule has 2 aromatic rings. The standard InChI is InChI=1S/C17H13ClO2/c18-13-6-3-5-12(10-13)16-15(19)9-8-11-4-1-2-7-14(11)17(16)20/h1-7,10,16H,8-9H2. The van der Waals surface area contributed by atoms with Crippen LogP contribution in [0.15, 0.2) is 48.5 Å². The Balaban J connectivity index is 2.11. The van der Waals surface area contributed by atoms with E-state index in [0.29, 0.717) is 29.0 Å². The number of hydrogen-bond donors (Lipinski definition) is 0. The van der Waals surface area contributed by atoms with E-state index in [9.17, 15) is 9.59 Å². The molecule has 0 saturated carbocycles. The zero-order valence-corrected chi connectivity index (χ0v) is 11.6. The molecule has 1 aliphatic carbocycles. The van der Waals surface area contributed by atoms with Gasteiger partial charge in [-0.2, -0.15) is 0 Å².